The fraction of sp³-hybridized carbons (Fsp3) is 0.0476. The van der Waals surface area contributed by atoms with Crippen LogP contribution < -0.4 is 10.2 Å². The Labute approximate surface area is 185 Å². The van der Waals surface area contributed by atoms with Gasteiger partial charge in [0.25, 0.3) is 5.91 Å². The lowest BCUT2D eigenvalue weighted by Crippen LogP contribution is -2.17. The van der Waals surface area contributed by atoms with Gasteiger partial charge in [-0.2, -0.15) is 5.10 Å². The molecule has 1 N–H and O–H groups in total. The molecule has 0 saturated heterocycles. The molecule has 3 aromatic rings. The van der Waals surface area contributed by atoms with E-state index in [0.717, 1.165) is 15.6 Å². The molecular formula is C21H14BrCl2FN2O2. The van der Waals surface area contributed by atoms with Gasteiger partial charge in [0, 0.05) is 21.2 Å². The van der Waals surface area contributed by atoms with E-state index >= 15 is 0 Å². The number of benzene rings is 3. The van der Waals surface area contributed by atoms with E-state index < -0.39 is 11.7 Å². The Balaban J connectivity index is 1.59. The first kappa shape index (κ1) is 21.3. The fourth-order valence-corrected chi connectivity index (χ4v) is 3.31. The van der Waals surface area contributed by atoms with Crippen LogP contribution in [0.4, 0.5) is 4.39 Å². The zero-order chi connectivity index (χ0) is 20.8. The van der Waals surface area contributed by atoms with E-state index in [4.69, 9.17) is 27.9 Å². The second-order valence-corrected chi connectivity index (χ2v) is 7.62. The first-order chi connectivity index (χ1) is 13.9. The van der Waals surface area contributed by atoms with E-state index in [2.05, 4.69) is 26.5 Å². The molecular weight excluding hydrogens is 482 g/mol. The highest BCUT2D eigenvalue weighted by atomic mass is 79.9. The number of carbonyl (C=O) groups is 1. The van der Waals surface area contributed by atoms with Crippen LogP contribution in [0.2, 0.25) is 10.0 Å². The zero-order valence-electron chi connectivity index (χ0n) is 14.8. The molecule has 4 nitrogen and oxygen atoms in total. The third kappa shape index (κ3) is 6.03. The second-order valence-electron chi connectivity index (χ2n) is 5.92. The maximum Gasteiger partial charge on any atom is 0.271 e. The number of halogens is 4. The summed E-state index contributed by atoms with van der Waals surface area (Å²) >= 11 is 15.5. The van der Waals surface area contributed by atoms with Crippen LogP contribution in [0.25, 0.3) is 0 Å². The Morgan fingerprint density at radius 2 is 1.86 bits per heavy atom. The zero-order valence-corrected chi connectivity index (χ0v) is 17.9. The normalized spacial score (nSPS) is 10.9. The molecule has 0 radical (unpaired) electrons. The van der Waals surface area contributed by atoms with E-state index in [-0.39, 0.29) is 6.61 Å². The maximum absolute atomic E-state index is 12.9. The predicted molar refractivity (Wildman–Crippen MR) is 116 cm³/mol. The van der Waals surface area contributed by atoms with Crippen LogP contribution >= 0.6 is 39.1 Å². The summed E-state index contributed by atoms with van der Waals surface area (Å²) in [7, 11) is 0. The molecule has 0 aliphatic rings. The van der Waals surface area contributed by atoms with Gasteiger partial charge in [-0.25, -0.2) is 9.82 Å². The third-order valence-electron chi connectivity index (χ3n) is 3.84. The summed E-state index contributed by atoms with van der Waals surface area (Å²) in [5.74, 6) is -0.209. The van der Waals surface area contributed by atoms with E-state index in [1.165, 1.54) is 30.5 Å². The lowest BCUT2D eigenvalue weighted by atomic mass is 10.2. The van der Waals surface area contributed by atoms with E-state index in [1.807, 2.05) is 6.07 Å². The molecule has 0 spiro atoms. The summed E-state index contributed by atoms with van der Waals surface area (Å²) < 4.78 is 19.4. The van der Waals surface area contributed by atoms with Crippen molar-refractivity contribution < 1.29 is 13.9 Å². The summed E-state index contributed by atoms with van der Waals surface area (Å²) in [5.41, 5.74) is 4.27. The van der Waals surface area contributed by atoms with Crippen LogP contribution in [0.3, 0.4) is 0 Å². The third-order valence-corrected chi connectivity index (χ3v) is 5.05. The van der Waals surface area contributed by atoms with E-state index in [1.54, 1.807) is 30.3 Å². The van der Waals surface area contributed by atoms with Crippen molar-refractivity contribution in [3.63, 3.8) is 0 Å². The van der Waals surface area contributed by atoms with Gasteiger partial charge >= 0.3 is 0 Å². The van der Waals surface area contributed by atoms with Gasteiger partial charge in [-0.1, -0.05) is 29.3 Å². The van der Waals surface area contributed by atoms with Gasteiger partial charge in [0.15, 0.2) is 0 Å². The van der Waals surface area contributed by atoms with Gasteiger partial charge in [-0.15, -0.1) is 0 Å². The molecule has 148 valence electrons. The Kier molecular flexibility index (Phi) is 7.25. The molecule has 0 fully saturated rings. The Hall–Kier alpha value is -2.41. The topological polar surface area (TPSA) is 50.7 Å². The molecule has 8 heteroatoms. The monoisotopic (exact) mass is 494 g/mol. The van der Waals surface area contributed by atoms with E-state index in [9.17, 15) is 9.18 Å². The van der Waals surface area contributed by atoms with Crippen LogP contribution in [0, 0.1) is 5.82 Å². The first-order valence-electron chi connectivity index (χ1n) is 8.37. The van der Waals surface area contributed by atoms with Gasteiger partial charge < -0.3 is 4.74 Å². The lowest BCUT2D eigenvalue weighted by Gasteiger charge is -2.10. The first-order valence-corrected chi connectivity index (χ1v) is 9.92. The molecule has 0 aromatic heterocycles. The van der Waals surface area contributed by atoms with Gasteiger partial charge in [0.2, 0.25) is 0 Å². The van der Waals surface area contributed by atoms with Crippen LogP contribution in [0.5, 0.6) is 5.75 Å². The SMILES string of the molecule is O=C(N/N=C\c1ccc(OCc2ccc(Cl)cc2Cl)c(Br)c1)c1ccc(F)cc1. The maximum atomic E-state index is 12.9. The average Bonchev–Trinajstić information content (AvgIpc) is 2.69. The van der Waals surface area contributed by atoms with Crippen molar-refractivity contribution in [1.82, 2.24) is 5.43 Å². The number of amides is 1. The standard InChI is InChI=1S/C21H14BrCl2FN2O2/c22-18-9-13(11-26-27-21(28)14-3-6-17(25)7-4-14)1-8-20(18)29-12-15-2-5-16(23)10-19(15)24/h1-11H,12H2,(H,27,28)/b26-11-. The number of hydrogen-bond donors (Lipinski definition) is 1. The van der Waals surface area contributed by atoms with Gasteiger partial charge in [-0.3, -0.25) is 4.79 Å². The lowest BCUT2D eigenvalue weighted by molar-refractivity contribution is 0.0955. The van der Waals surface area contributed by atoms with Crippen LogP contribution in [0.1, 0.15) is 21.5 Å². The van der Waals surface area contributed by atoms with Crippen molar-refractivity contribution in [2.24, 2.45) is 5.10 Å². The Morgan fingerprint density at radius 3 is 2.55 bits per heavy atom. The molecule has 3 rings (SSSR count). The minimum atomic E-state index is -0.430. The predicted octanol–water partition coefficient (Wildman–Crippen LogP) is 6.24. The molecule has 0 unspecified atom stereocenters. The highest BCUT2D eigenvalue weighted by molar-refractivity contribution is 9.10. The molecule has 29 heavy (non-hydrogen) atoms. The number of ether oxygens (including phenoxy) is 1. The van der Waals surface area contributed by atoms with Gasteiger partial charge in [0.1, 0.15) is 18.2 Å². The summed E-state index contributed by atoms with van der Waals surface area (Å²) in [6.07, 6.45) is 1.49. The Bertz CT molecular complexity index is 1060. The Morgan fingerprint density at radius 1 is 1.10 bits per heavy atom. The minimum Gasteiger partial charge on any atom is -0.488 e. The molecule has 0 aliphatic heterocycles. The van der Waals surface area contributed by atoms with Crippen molar-refractivity contribution in [2.45, 2.75) is 6.61 Å². The second kappa shape index (κ2) is 9.87. The highest BCUT2D eigenvalue weighted by Crippen LogP contribution is 2.28. The quantitative estimate of drug-likeness (QED) is 0.325. The summed E-state index contributed by atoms with van der Waals surface area (Å²) in [5, 5.41) is 5.02. The molecule has 0 heterocycles. The van der Waals surface area contributed by atoms with Crippen molar-refractivity contribution >= 4 is 51.3 Å². The van der Waals surface area contributed by atoms with E-state index in [0.29, 0.717) is 21.4 Å². The summed E-state index contributed by atoms with van der Waals surface area (Å²) in [6, 6.07) is 15.8. The number of rotatable bonds is 6. The van der Waals surface area contributed by atoms with Gasteiger partial charge in [0.05, 0.1) is 10.7 Å². The van der Waals surface area contributed by atoms with Crippen molar-refractivity contribution in [1.29, 1.82) is 0 Å². The van der Waals surface area contributed by atoms with Crippen LogP contribution in [-0.4, -0.2) is 12.1 Å². The smallest absolute Gasteiger partial charge is 0.271 e. The largest absolute Gasteiger partial charge is 0.488 e. The number of nitrogens with one attached hydrogen (secondary N) is 1. The van der Waals surface area contributed by atoms with Crippen molar-refractivity contribution in [2.75, 3.05) is 0 Å². The molecule has 0 bridgehead atoms. The van der Waals surface area contributed by atoms with Crippen molar-refractivity contribution in [3.05, 3.63) is 97.7 Å². The number of hydrazone groups is 1. The van der Waals surface area contributed by atoms with Crippen LogP contribution in [-0.2, 0) is 6.61 Å². The van der Waals surface area contributed by atoms with Crippen LogP contribution in [0.15, 0.2) is 70.2 Å². The van der Waals surface area contributed by atoms with Crippen molar-refractivity contribution in [3.8, 4) is 5.75 Å². The number of hydrogen-bond acceptors (Lipinski definition) is 3. The molecule has 0 atom stereocenters. The molecule has 0 saturated carbocycles. The minimum absolute atomic E-state index is 0.287. The molecule has 1 amide bonds. The fourth-order valence-electron chi connectivity index (χ4n) is 2.34. The average molecular weight is 496 g/mol. The summed E-state index contributed by atoms with van der Waals surface area (Å²) in [4.78, 5) is 11.9. The number of nitrogens with zero attached hydrogens (tertiary/aromatic N) is 1. The van der Waals surface area contributed by atoms with Gasteiger partial charge in [-0.05, 0) is 76.1 Å². The highest BCUT2D eigenvalue weighted by Gasteiger charge is 2.07. The summed E-state index contributed by atoms with van der Waals surface area (Å²) in [6.45, 7) is 0.287. The molecule has 0 aliphatic carbocycles. The molecule has 3 aromatic carbocycles. The number of carbonyl (C=O) groups excluding carboxylic acids is 1.